The molecule has 0 saturated carbocycles. The van der Waals surface area contributed by atoms with Crippen LogP contribution in [-0.2, 0) is 10.0 Å². The molecule has 1 saturated heterocycles. The van der Waals surface area contributed by atoms with E-state index in [-0.39, 0.29) is 37.1 Å². The van der Waals surface area contributed by atoms with Crippen molar-refractivity contribution < 1.29 is 17.6 Å². The first-order valence-electron chi connectivity index (χ1n) is 8.69. The number of halogens is 1. The van der Waals surface area contributed by atoms with Crippen molar-refractivity contribution >= 4 is 27.1 Å². The highest BCUT2D eigenvalue weighted by Gasteiger charge is 2.30. The number of sulfonamides is 1. The van der Waals surface area contributed by atoms with Crippen molar-refractivity contribution in [2.45, 2.75) is 4.90 Å². The molecule has 1 aromatic heterocycles. The first-order valence-corrected chi connectivity index (χ1v) is 10.1. The minimum absolute atomic E-state index is 0.0877. The number of benzene rings is 2. The zero-order valence-corrected chi connectivity index (χ0v) is 15.6. The van der Waals surface area contributed by atoms with E-state index in [4.69, 9.17) is 0 Å². The number of hydrogen-bond acceptors (Lipinski definition) is 4. The average Bonchev–Trinajstić information content (AvgIpc) is 3.11. The third-order valence-electron chi connectivity index (χ3n) is 4.63. The molecule has 0 unspecified atom stereocenters. The minimum atomic E-state index is -3.79. The Morgan fingerprint density at radius 3 is 2.54 bits per heavy atom. The maximum atomic E-state index is 13.4. The highest BCUT2D eigenvalue weighted by atomic mass is 32.2. The smallest absolute Gasteiger partial charge is 0.321 e. The van der Waals surface area contributed by atoms with Gasteiger partial charge in [-0.15, -0.1) is 0 Å². The summed E-state index contributed by atoms with van der Waals surface area (Å²) < 4.78 is 41.5. The molecule has 146 valence electrons. The van der Waals surface area contributed by atoms with Crippen LogP contribution in [0.15, 0.2) is 59.8 Å². The lowest BCUT2D eigenvalue weighted by Gasteiger charge is -2.34. The highest BCUT2D eigenvalue weighted by molar-refractivity contribution is 7.89. The number of amides is 2. The van der Waals surface area contributed by atoms with Crippen LogP contribution in [0.25, 0.3) is 11.0 Å². The number of fused-ring (bicyclic) bond motifs is 1. The van der Waals surface area contributed by atoms with Crippen molar-refractivity contribution in [2.75, 3.05) is 31.6 Å². The van der Waals surface area contributed by atoms with E-state index in [1.165, 1.54) is 38.4 Å². The number of aromatic nitrogens is 2. The van der Waals surface area contributed by atoms with Gasteiger partial charge in [-0.1, -0.05) is 18.2 Å². The lowest BCUT2D eigenvalue weighted by Crippen LogP contribution is -2.52. The van der Waals surface area contributed by atoms with E-state index in [2.05, 4.69) is 10.4 Å². The van der Waals surface area contributed by atoms with E-state index < -0.39 is 15.8 Å². The number of carbonyl (C=O) groups is 1. The van der Waals surface area contributed by atoms with Crippen LogP contribution in [0.5, 0.6) is 0 Å². The number of hydrogen-bond donors (Lipinski definition) is 1. The SMILES string of the molecule is O=C(Nn1cnc2ccccc21)N1CCN(S(=O)(=O)c2cccc(F)c2)CC1. The van der Waals surface area contributed by atoms with E-state index in [1.54, 1.807) is 0 Å². The highest BCUT2D eigenvalue weighted by Crippen LogP contribution is 2.18. The van der Waals surface area contributed by atoms with Gasteiger partial charge >= 0.3 is 6.03 Å². The van der Waals surface area contributed by atoms with Gasteiger partial charge in [0.15, 0.2) is 0 Å². The normalized spacial score (nSPS) is 15.7. The molecule has 0 radical (unpaired) electrons. The van der Waals surface area contributed by atoms with Crippen LogP contribution in [0.1, 0.15) is 0 Å². The molecule has 4 rings (SSSR count). The summed E-state index contributed by atoms with van der Waals surface area (Å²) in [7, 11) is -3.79. The molecule has 28 heavy (non-hydrogen) atoms. The Kier molecular flexibility index (Phi) is 4.73. The summed E-state index contributed by atoms with van der Waals surface area (Å²) in [5.74, 6) is -0.605. The number of imidazole rings is 1. The van der Waals surface area contributed by atoms with E-state index in [1.807, 2.05) is 24.3 Å². The van der Waals surface area contributed by atoms with Crippen LogP contribution in [0.3, 0.4) is 0 Å². The van der Waals surface area contributed by atoms with Gasteiger partial charge in [-0.05, 0) is 30.3 Å². The van der Waals surface area contributed by atoms with Crippen LogP contribution >= 0.6 is 0 Å². The lowest BCUT2D eigenvalue weighted by atomic mass is 10.3. The van der Waals surface area contributed by atoms with Crippen molar-refractivity contribution in [2.24, 2.45) is 0 Å². The maximum Gasteiger partial charge on any atom is 0.336 e. The van der Waals surface area contributed by atoms with Gasteiger partial charge in [0.1, 0.15) is 12.1 Å². The predicted octanol–water partition coefficient (Wildman–Crippen LogP) is 1.85. The van der Waals surface area contributed by atoms with Crippen LogP contribution in [0.2, 0.25) is 0 Å². The molecule has 0 atom stereocenters. The summed E-state index contributed by atoms with van der Waals surface area (Å²) in [5, 5.41) is 0. The van der Waals surface area contributed by atoms with Crippen molar-refractivity contribution in [3.05, 3.63) is 60.7 Å². The molecule has 1 N–H and O–H groups in total. The molecular weight excluding hydrogens is 385 g/mol. The zero-order chi connectivity index (χ0) is 19.7. The van der Waals surface area contributed by atoms with Gasteiger partial charge in [0.25, 0.3) is 0 Å². The Bertz CT molecular complexity index is 1120. The largest absolute Gasteiger partial charge is 0.336 e. The molecule has 0 bridgehead atoms. The maximum absolute atomic E-state index is 13.4. The number of carbonyl (C=O) groups excluding carboxylic acids is 1. The number of piperazine rings is 1. The van der Waals surface area contributed by atoms with Crippen LogP contribution < -0.4 is 5.43 Å². The van der Waals surface area contributed by atoms with Gasteiger partial charge < -0.3 is 4.90 Å². The first kappa shape index (κ1) is 18.4. The van der Waals surface area contributed by atoms with Gasteiger partial charge in [0.05, 0.1) is 15.9 Å². The Hall–Kier alpha value is -2.98. The van der Waals surface area contributed by atoms with E-state index in [9.17, 15) is 17.6 Å². The Morgan fingerprint density at radius 2 is 1.79 bits per heavy atom. The second kappa shape index (κ2) is 7.21. The minimum Gasteiger partial charge on any atom is -0.321 e. The standard InChI is InChI=1S/C18H18FN5O3S/c19-14-4-3-5-15(12-14)28(26,27)23-10-8-22(9-11-23)18(25)21-24-13-20-16-6-1-2-7-17(16)24/h1-7,12-13H,8-11H2,(H,21,25). The van der Waals surface area contributed by atoms with Gasteiger partial charge in [-0.25, -0.2) is 32.7 Å². The predicted molar refractivity (Wildman–Crippen MR) is 101 cm³/mol. The summed E-state index contributed by atoms with van der Waals surface area (Å²) in [6.45, 7) is 0.730. The Labute approximate surface area is 161 Å². The molecule has 2 heterocycles. The Balaban J connectivity index is 1.42. The monoisotopic (exact) mass is 403 g/mol. The fraction of sp³-hybridized carbons (Fsp3) is 0.222. The number of urea groups is 1. The van der Waals surface area contributed by atoms with E-state index >= 15 is 0 Å². The van der Waals surface area contributed by atoms with Crippen molar-refractivity contribution in [3.63, 3.8) is 0 Å². The van der Waals surface area contributed by atoms with Crippen molar-refractivity contribution in [1.82, 2.24) is 18.9 Å². The molecule has 8 nitrogen and oxygen atoms in total. The molecule has 2 amide bonds. The molecule has 10 heteroatoms. The molecule has 0 aliphatic carbocycles. The van der Waals surface area contributed by atoms with Gasteiger partial charge in [-0.3, -0.25) is 0 Å². The first-order chi connectivity index (χ1) is 13.4. The topological polar surface area (TPSA) is 87.5 Å². The van der Waals surface area contributed by atoms with E-state index in [0.717, 1.165) is 17.1 Å². The summed E-state index contributed by atoms with van der Waals surface area (Å²) in [4.78, 5) is 18.2. The number of rotatable bonds is 3. The number of para-hydroxylation sites is 2. The lowest BCUT2D eigenvalue weighted by molar-refractivity contribution is 0.182. The molecular formula is C18H18FN5O3S. The van der Waals surface area contributed by atoms with E-state index in [0.29, 0.717) is 0 Å². The third kappa shape index (κ3) is 3.43. The molecule has 1 fully saturated rings. The molecule has 3 aromatic rings. The van der Waals surface area contributed by atoms with Crippen molar-refractivity contribution in [1.29, 1.82) is 0 Å². The molecule has 1 aliphatic heterocycles. The third-order valence-corrected chi connectivity index (χ3v) is 6.52. The summed E-state index contributed by atoms with van der Waals surface area (Å²) in [6.07, 6.45) is 1.52. The zero-order valence-electron chi connectivity index (χ0n) is 14.8. The quantitative estimate of drug-likeness (QED) is 0.723. The summed E-state index contributed by atoms with van der Waals surface area (Å²) in [5.41, 5.74) is 4.28. The van der Waals surface area contributed by atoms with Gasteiger partial charge in [0.2, 0.25) is 10.0 Å². The molecule has 1 aliphatic rings. The van der Waals surface area contributed by atoms with Gasteiger partial charge in [-0.2, -0.15) is 4.31 Å². The average molecular weight is 403 g/mol. The van der Waals surface area contributed by atoms with Crippen LogP contribution in [-0.4, -0.2) is 59.5 Å². The molecule has 0 spiro atoms. The molecule has 2 aromatic carbocycles. The van der Waals surface area contributed by atoms with Gasteiger partial charge in [0, 0.05) is 26.2 Å². The second-order valence-corrected chi connectivity index (χ2v) is 8.31. The number of nitrogens with one attached hydrogen (secondary N) is 1. The van der Waals surface area contributed by atoms with Crippen LogP contribution in [0.4, 0.5) is 9.18 Å². The fourth-order valence-electron chi connectivity index (χ4n) is 3.13. The summed E-state index contributed by atoms with van der Waals surface area (Å²) >= 11 is 0. The second-order valence-electron chi connectivity index (χ2n) is 6.37. The van der Waals surface area contributed by atoms with Crippen LogP contribution in [0, 0.1) is 5.82 Å². The van der Waals surface area contributed by atoms with Crippen molar-refractivity contribution in [3.8, 4) is 0 Å². The number of nitrogens with zero attached hydrogens (tertiary/aromatic N) is 4. The fourth-order valence-corrected chi connectivity index (χ4v) is 4.58. The Morgan fingerprint density at radius 1 is 1.04 bits per heavy atom. The summed E-state index contributed by atoms with van der Waals surface area (Å²) in [6, 6.07) is 12.0.